The Hall–Kier alpha value is -3.42. The van der Waals surface area contributed by atoms with Crippen LogP contribution in [0.2, 0.25) is 0 Å². The standard InChI is InChI=1S/C31H42N4O4/c36-28-18-7-5-3-1-2-4-6-17-26(34-31(39)27(33-28)21-29(37)35-19-10-11-20-35)30(38)32-22-24-15-12-14-23-13-8-9-16-25(23)24/h8-9,12-16,26-27H,1-7,10-11,17-22H2,(H,32,38)(H,33,36)(H,34,39)/t26-,27?/m0/s1. The first-order chi connectivity index (χ1) is 19.0. The average Bonchev–Trinajstić information content (AvgIpc) is 3.49. The molecule has 4 rings (SSSR count). The molecule has 4 amide bonds. The zero-order valence-corrected chi connectivity index (χ0v) is 22.9. The Kier molecular flexibility index (Phi) is 10.7. The van der Waals surface area contributed by atoms with Crippen molar-refractivity contribution in [1.82, 2.24) is 20.9 Å². The summed E-state index contributed by atoms with van der Waals surface area (Å²) < 4.78 is 0. The number of hydrogen-bond donors (Lipinski definition) is 3. The highest BCUT2D eigenvalue weighted by Gasteiger charge is 2.30. The molecular weight excluding hydrogens is 492 g/mol. The normalized spacial score (nSPS) is 21.9. The van der Waals surface area contributed by atoms with Gasteiger partial charge >= 0.3 is 0 Å². The first kappa shape index (κ1) is 28.6. The highest BCUT2D eigenvalue weighted by atomic mass is 16.2. The van der Waals surface area contributed by atoms with E-state index in [0.717, 1.165) is 74.1 Å². The van der Waals surface area contributed by atoms with E-state index in [2.05, 4.69) is 16.0 Å². The number of hydrogen-bond acceptors (Lipinski definition) is 4. The average molecular weight is 535 g/mol. The number of carbonyl (C=O) groups is 4. The van der Waals surface area contributed by atoms with Crippen LogP contribution in [0, 0.1) is 0 Å². The van der Waals surface area contributed by atoms with Crippen molar-refractivity contribution in [3.63, 3.8) is 0 Å². The maximum atomic E-state index is 13.4. The number of rotatable bonds is 5. The van der Waals surface area contributed by atoms with Crippen LogP contribution in [-0.4, -0.2) is 53.7 Å². The molecule has 39 heavy (non-hydrogen) atoms. The zero-order chi connectivity index (χ0) is 27.5. The Bertz CT molecular complexity index is 1140. The number of nitrogens with one attached hydrogen (secondary N) is 3. The van der Waals surface area contributed by atoms with E-state index in [1.807, 2.05) is 42.5 Å². The maximum Gasteiger partial charge on any atom is 0.243 e. The fourth-order valence-corrected chi connectivity index (χ4v) is 5.56. The van der Waals surface area contributed by atoms with Gasteiger partial charge in [-0.25, -0.2) is 0 Å². The molecule has 2 aromatic carbocycles. The van der Waals surface area contributed by atoms with E-state index in [4.69, 9.17) is 0 Å². The monoisotopic (exact) mass is 534 g/mol. The van der Waals surface area contributed by atoms with Gasteiger partial charge in [0.1, 0.15) is 12.1 Å². The molecule has 2 aromatic rings. The second-order valence-electron chi connectivity index (χ2n) is 10.8. The van der Waals surface area contributed by atoms with Crippen molar-refractivity contribution in [3.05, 3.63) is 48.0 Å². The van der Waals surface area contributed by atoms with Gasteiger partial charge in [-0.2, -0.15) is 0 Å². The predicted molar refractivity (Wildman–Crippen MR) is 152 cm³/mol. The Morgan fingerprint density at radius 1 is 0.821 bits per heavy atom. The summed E-state index contributed by atoms with van der Waals surface area (Å²) in [6.07, 6.45) is 9.41. The van der Waals surface area contributed by atoms with E-state index in [1.54, 1.807) is 4.90 Å². The van der Waals surface area contributed by atoms with Crippen LogP contribution in [0.1, 0.15) is 82.6 Å². The Morgan fingerprint density at radius 3 is 2.31 bits per heavy atom. The van der Waals surface area contributed by atoms with Gasteiger partial charge in [-0.15, -0.1) is 0 Å². The molecule has 8 heteroatoms. The molecule has 2 saturated heterocycles. The van der Waals surface area contributed by atoms with Crippen LogP contribution in [0.4, 0.5) is 0 Å². The van der Waals surface area contributed by atoms with Gasteiger partial charge in [0.2, 0.25) is 23.6 Å². The molecule has 210 valence electrons. The highest BCUT2D eigenvalue weighted by molar-refractivity contribution is 5.95. The zero-order valence-electron chi connectivity index (χ0n) is 22.9. The van der Waals surface area contributed by atoms with E-state index in [9.17, 15) is 19.2 Å². The minimum Gasteiger partial charge on any atom is -0.350 e. The summed E-state index contributed by atoms with van der Waals surface area (Å²) >= 11 is 0. The van der Waals surface area contributed by atoms with E-state index in [0.29, 0.717) is 32.5 Å². The van der Waals surface area contributed by atoms with Crippen molar-refractivity contribution >= 4 is 34.4 Å². The molecule has 2 atom stereocenters. The summed E-state index contributed by atoms with van der Waals surface area (Å²) in [7, 11) is 0. The first-order valence-electron chi connectivity index (χ1n) is 14.6. The third kappa shape index (κ3) is 8.53. The Morgan fingerprint density at radius 2 is 1.51 bits per heavy atom. The van der Waals surface area contributed by atoms with Crippen molar-refractivity contribution < 1.29 is 19.2 Å². The molecule has 2 aliphatic rings. The van der Waals surface area contributed by atoms with Crippen LogP contribution in [0.15, 0.2) is 42.5 Å². The van der Waals surface area contributed by atoms with Gasteiger partial charge in [0.25, 0.3) is 0 Å². The molecule has 8 nitrogen and oxygen atoms in total. The van der Waals surface area contributed by atoms with Gasteiger partial charge in [-0.1, -0.05) is 81.0 Å². The highest BCUT2D eigenvalue weighted by Crippen LogP contribution is 2.19. The van der Waals surface area contributed by atoms with Crippen molar-refractivity contribution in [1.29, 1.82) is 0 Å². The van der Waals surface area contributed by atoms with Crippen LogP contribution < -0.4 is 16.0 Å². The molecule has 0 spiro atoms. The molecule has 1 unspecified atom stereocenters. The van der Waals surface area contributed by atoms with Gasteiger partial charge in [-0.3, -0.25) is 19.2 Å². The number of carbonyl (C=O) groups excluding carboxylic acids is 4. The smallest absolute Gasteiger partial charge is 0.243 e. The van der Waals surface area contributed by atoms with Gasteiger partial charge in [-0.05, 0) is 42.0 Å². The molecule has 2 fully saturated rings. The molecule has 2 aliphatic heterocycles. The van der Waals surface area contributed by atoms with E-state index < -0.39 is 18.0 Å². The SMILES string of the molecule is O=C1CCCCCCCCC[C@@H](C(=O)NCc2cccc3ccccc23)NC(=O)C(CC(=O)N2CCCC2)N1. The lowest BCUT2D eigenvalue weighted by Crippen LogP contribution is -2.54. The molecule has 0 radical (unpaired) electrons. The van der Waals surface area contributed by atoms with E-state index in [1.165, 1.54) is 0 Å². The van der Waals surface area contributed by atoms with Crippen LogP contribution in [-0.2, 0) is 25.7 Å². The largest absolute Gasteiger partial charge is 0.350 e. The van der Waals surface area contributed by atoms with Gasteiger partial charge < -0.3 is 20.9 Å². The lowest BCUT2D eigenvalue weighted by Gasteiger charge is -2.25. The summed E-state index contributed by atoms with van der Waals surface area (Å²) in [4.78, 5) is 54.1. The summed E-state index contributed by atoms with van der Waals surface area (Å²) in [5, 5.41) is 10.9. The Labute approximate surface area is 231 Å². The van der Waals surface area contributed by atoms with Crippen LogP contribution in [0.5, 0.6) is 0 Å². The number of likely N-dealkylation sites (tertiary alicyclic amines) is 1. The van der Waals surface area contributed by atoms with Crippen LogP contribution in [0.3, 0.4) is 0 Å². The molecule has 2 heterocycles. The third-order valence-corrected chi connectivity index (χ3v) is 7.85. The number of benzene rings is 2. The minimum atomic E-state index is -0.996. The van der Waals surface area contributed by atoms with Crippen molar-refractivity contribution in [2.75, 3.05) is 13.1 Å². The summed E-state index contributed by atoms with van der Waals surface area (Å²) in [6, 6.07) is 12.3. The van der Waals surface area contributed by atoms with Gasteiger partial charge in [0.05, 0.1) is 6.42 Å². The second-order valence-corrected chi connectivity index (χ2v) is 10.8. The van der Waals surface area contributed by atoms with Crippen molar-refractivity contribution in [2.24, 2.45) is 0 Å². The fourth-order valence-electron chi connectivity index (χ4n) is 5.56. The van der Waals surface area contributed by atoms with Gasteiger partial charge in [0, 0.05) is 26.1 Å². The number of fused-ring (bicyclic) bond motifs is 1. The lowest BCUT2D eigenvalue weighted by molar-refractivity contribution is -0.136. The minimum absolute atomic E-state index is 0.0953. The summed E-state index contributed by atoms with van der Waals surface area (Å²) in [5.41, 5.74) is 1.01. The summed E-state index contributed by atoms with van der Waals surface area (Å²) in [6.45, 7) is 1.71. The van der Waals surface area contributed by atoms with Crippen LogP contribution in [0.25, 0.3) is 10.8 Å². The van der Waals surface area contributed by atoms with Crippen LogP contribution >= 0.6 is 0 Å². The topological polar surface area (TPSA) is 108 Å². The molecule has 3 N–H and O–H groups in total. The fraction of sp³-hybridized carbons (Fsp3) is 0.548. The third-order valence-electron chi connectivity index (χ3n) is 7.85. The first-order valence-corrected chi connectivity index (χ1v) is 14.6. The molecule has 0 saturated carbocycles. The predicted octanol–water partition coefficient (Wildman–Crippen LogP) is 3.96. The Balaban J connectivity index is 1.46. The van der Waals surface area contributed by atoms with Crippen molar-refractivity contribution in [3.8, 4) is 0 Å². The van der Waals surface area contributed by atoms with E-state index in [-0.39, 0.29) is 24.1 Å². The van der Waals surface area contributed by atoms with Gasteiger partial charge in [0.15, 0.2) is 0 Å². The molecule has 0 aliphatic carbocycles. The lowest BCUT2D eigenvalue weighted by atomic mass is 10.0. The maximum absolute atomic E-state index is 13.4. The molecular formula is C31H42N4O4. The number of nitrogens with zero attached hydrogens (tertiary/aromatic N) is 1. The molecule has 0 bridgehead atoms. The summed E-state index contributed by atoms with van der Waals surface area (Å²) in [5.74, 6) is -1.09. The second kappa shape index (κ2) is 14.7. The van der Waals surface area contributed by atoms with E-state index >= 15 is 0 Å². The number of amides is 4. The molecule has 0 aromatic heterocycles. The van der Waals surface area contributed by atoms with Crippen molar-refractivity contribution in [2.45, 2.75) is 95.7 Å². The quantitative estimate of drug-likeness (QED) is 0.540.